The number of thioether (sulfide) groups is 1. The van der Waals surface area contributed by atoms with E-state index in [1.54, 1.807) is 0 Å². The van der Waals surface area contributed by atoms with Crippen LogP contribution in [-0.4, -0.2) is 28.6 Å². The van der Waals surface area contributed by atoms with Gasteiger partial charge in [-0.05, 0) is 42.9 Å². The van der Waals surface area contributed by atoms with E-state index in [1.165, 1.54) is 23.7 Å². The zero-order valence-corrected chi connectivity index (χ0v) is 15.0. The van der Waals surface area contributed by atoms with Crippen molar-refractivity contribution in [3.8, 4) is 6.07 Å². The molecule has 1 aliphatic carbocycles. The van der Waals surface area contributed by atoms with E-state index >= 15 is 0 Å². The van der Waals surface area contributed by atoms with Crippen molar-refractivity contribution >= 4 is 11.8 Å². The molecule has 1 aromatic heterocycles. The summed E-state index contributed by atoms with van der Waals surface area (Å²) in [5.41, 5.74) is 4.02. The molecule has 0 amide bonds. The Bertz CT molecular complexity index is 743. The average Bonchev–Trinajstić information content (AvgIpc) is 2.66. The minimum absolute atomic E-state index is 0.273. The molecule has 1 aliphatic rings. The molecule has 1 N–H and O–H groups in total. The molecule has 0 spiro atoms. The van der Waals surface area contributed by atoms with Crippen LogP contribution < -0.4 is 0 Å². The summed E-state index contributed by atoms with van der Waals surface area (Å²) in [4.78, 5) is 4.67. The Balaban J connectivity index is 1.51. The van der Waals surface area contributed by atoms with Gasteiger partial charge in [-0.15, -0.1) is 11.8 Å². The van der Waals surface area contributed by atoms with Crippen molar-refractivity contribution in [2.45, 2.75) is 43.4 Å². The normalized spacial score (nSPS) is 14.6. The topological polar surface area (TPSA) is 66.1 Å². The second-order valence-corrected chi connectivity index (χ2v) is 7.24. The molecule has 2 aromatic rings. The van der Waals surface area contributed by atoms with Gasteiger partial charge in [-0.1, -0.05) is 30.3 Å². The van der Waals surface area contributed by atoms with Crippen LogP contribution in [0.3, 0.4) is 0 Å². The summed E-state index contributed by atoms with van der Waals surface area (Å²) in [6, 6.07) is 14.1. The number of aromatic nitrogens is 1. The first kappa shape index (κ1) is 17.9. The highest BCUT2D eigenvalue weighted by atomic mass is 32.2. The van der Waals surface area contributed by atoms with Gasteiger partial charge < -0.3 is 9.84 Å². The van der Waals surface area contributed by atoms with Crippen molar-refractivity contribution < 1.29 is 9.84 Å². The number of nitrogens with zero attached hydrogens (tertiary/aromatic N) is 2. The molecule has 25 heavy (non-hydrogen) atoms. The lowest BCUT2D eigenvalue weighted by atomic mass is 9.95. The van der Waals surface area contributed by atoms with Crippen molar-refractivity contribution in [3.05, 3.63) is 58.8 Å². The highest BCUT2D eigenvalue weighted by molar-refractivity contribution is 7.99. The average molecular weight is 354 g/mol. The Labute approximate surface area is 152 Å². The third-order valence-electron chi connectivity index (χ3n) is 4.22. The zero-order valence-electron chi connectivity index (χ0n) is 14.1. The van der Waals surface area contributed by atoms with Crippen LogP contribution in [0.5, 0.6) is 0 Å². The number of rotatable bonds is 7. The summed E-state index contributed by atoms with van der Waals surface area (Å²) < 4.78 is 5.57. The Morgan fingerprint density at radius 3 is 2.84 bits per heavy atom. The highest BCUT2D eigenvalue weighted by Crippen LogP contribution is 2.27. The van der Waals surface area contributed by atoms with Gasteiger partial charge in [0.05, 0.1) is 24.9 Å². The number of ether oxygens (including phenoxy) is 1. The highest BCUT2D eigenvalue weighted by Gasteiger charge is 2.16. The fourth-order valence-electron chi connectivity index (χ4n) is 2.92. The smallest absolute Gasteiger partial charge is 0.114 e. The Kier molecular flexibility index (Phi) is 6.46. The minimum Gasteiger partial charge on any atom is -0.390 e. The quantitative estimate of drug-likeness (QED) is 0.771. The molecule has 0 fully saturated rings. The summed E-state index contributed by atoms with van der Waals surface area (Å²) in [7, 11) is 0. The summed E-state index contributed by atoms with van der Waals surface area (Å²) in [5.74, 6) is 0.468. The molecule has 0 radical (unpaired) electrons. The molecule has 130 valence electrons. The number of fused-ring (bicyclic) bond motifs is 1. The number of nitriles is 1. The molecule has 1 atom stereocenters. The van der Waals surface area contributed by atoms with E-state index in [-0.39, 0.29) is 6.61 Å². The van der Waals surface area contributed by atoms with Crippen LogP contribution in [0.2, 0.25) is 0 Å². The molecule has 0 unspecified atom stereocenters. The second kappa shape index (κ2) is 9.00. The van der Waals surface area contributed by atoms with Gasteiger partial charge in [0.25, 0.3) is 0 Å². The van der Waals surface area contributed by atoms with Gasteiger partial charge in [0, 0.05) is 11.4 Å². The van der Waals surface area contributed by atoms with Gasteiger partial charge in [0.2, 0.25) is 0 Å². The van der Waals surface area contributed by atoms with Crippen LogP contribution in [0, 0.1) is 11.3 Å². The monoisotopic (exact) mass is 354 g/mol. The third kappa shape index (κ3) is 5.05. The number of benzene rings is 1. The van der Waals surface area contributed by atoms with Gasteiger partial charge >= 0.3 is 0 Å². The van der Waals surface area contributed by atoms with Crippen LogP contribution in [-0.2, 0) is 24.2 Å². The molecule has 4 nitrogen and oxygen atoms in total. The first-order chi connectivity index (χ1) is 12.3. The summed E-state index contributed by atoms with van der Waals surface area (Å²) in [5, 5.41) is 20.2. The number of hydrogen-bond acceptors (Lipinski definition) is 5. The maximum Gasteiger partial charge on any atom is 0.114 e. The number of aryl methyl sites for hydroxylation is 2. The van der Waals surface area contributed by atoms with E-state index in [4.69, 9.17) is 4.74 Å². The molecule has 1 aromatic carbocycles. The van der Waals surface area contributed by atoms with Crippen LogP contribution in [0.4, 0.5) is 0 Å². The standard InChI is InChI=1S/C20H22N2O2S/c21-11-17-10-16-8-4-5-9-19(16)22-20(17)25-14-18(23)13-24-12-15-6-2-1-3-7-15/h1-3,6-7,10,18,23H,4-5,8-9,12-14H2/t18-/m0/s1. The molecule has 0 saturated heterocycles. The maximum absolute atomic E-state index is 10.1. The molecule has 0 saturated carbocycles. The lowest BCUT2D eigenvalue weighted by Gasteiger charge is -2.17. The van der Waals surface area contributed by atoms with Gasteiger partial charge in [-0.25, -0.2) is 4.98 Å². The Morgan fingerprint density at radius 2 is 2.04 bits per heavy atom. The van der Waals surface area contributed by atoms with E-state index in [0.717, 1.165) is 35.5 Å². The number of aliphatic hydroxyl groups is 1. The number of hydrogen-bond donors (Lipinski definition) is 1. The second-order valence-electron chi connectivity index (χ2n) is 6.23. The molecule has 1 heterocycles. The van der Waals surface area contributed by atoms with Crippen molar-refractivity contribution in [2.75, 3.05) is 12.4 Å². The molecule has 0 bridgehead atoms. The van der Waals surface area contributed by atoms with Crippen LogP contribution in [0.15, 0.2) is 41.4 Å². The van der Waals surface area contributed by atoms with E-state index in [9.17, 15) is 10.4 Å². The summed E-state index contributed by atoms with van der Waals surface area (Å²) in [6.07, 6.45) is 3.74. The van der Waals surface area contributed by atoms with Crippen molar-refractivity contribution in [2.24, 2.45) is 0 Å². The van der Waals surface area contributed by atoms with E-state index in [2.05, 4.69) is 11.1 Å². The summed E-state index contributed by atoms with van der Waals surface area (Å²) in [6.45, 7) is 0.762. The fourth-order valence-corrected chi connectivity index (χ4v) is 3.80. The molecule has 0 aliphatic heterocycles. The zero-order chi connectivity index (χ0) is 17.5. The van der Waals surface area contributed by atoms with Crippen molar-refractivity contribution in [1.82, 2.24) is 4.98 Å². The lowest BCUT2D eigenvalue weighted by Crippen LogP contribution is -2.18. The van der Waals surface area contributed by atoms with Crippen molar-refractivity contribution in [1.29, 1.82) is 5.26 Å². The van der Waals surface area contributed by atoms with Crippen LogP contribution in [0.25, 0.3) is 0 Å². The molecular formula is C20H22N2O2S. The number of aliphatic hydroxyl groups excluding tert-OH is 1. The van der Waals surface area contributed by atoms with Gasteiger partial charge in [-0.3, -0.25) is 0 Å². The predicted octanol–water partition coefficient (Wildman–Crippen LogP) is 3.50. The van der Waals surface area contributed by atoms with Gasteiger partial charge in [0.1, 0.15) is 11.1 Å². The van der Waals surface area contributed by atoms with Crippen LogP contribution in [0.1, 0.15) is 35.2 Å². The first-order valence-electron chi connectivity index (χ1n) is 8.61. The Hall–Kier alpha value is -1.87. The third-order valence-corrected chi connectivity index (χ3v) is 5.36. The summed E-state index contributed by atoms with van der Waals surface area (Å²) >= 11 is 1.44. The van der Waals surface area contributed by atoms with Crippen molar-refractivity contribution in [3.63, 3.8) is 0 Å². The fraction of sp³-hybridized carbons (Fsp3) is 0.400. The van der Waals surface area contributed by atoms with E-state index in [1.807, 2.05) is 36.4 Å². The predicted molar refractivity (Wildman–Crippen MR) is 98.4 cm³/mol. The first-order valence-corrected chi connectivity index (χ1v) is 9.60. The van der Waals surface area contributed by atoms with Gasteiger partial charge in [-0.2, -0.15) is 5.26 Å². The van der Waals surface area contributed by atoms with E-state index < -0.39 is 6.10 Å². The largest absolute Gasteiger partial charge is 0.390 e. The van der Waals surface area contributed by atoms with Crippen LogP contribution >= 0.6 is 11.8 Å². The number of pyridine rings is 1. The Morgan fingerprint density at radius 1 is 1.24 bits per heavy atom. The maximum atomic E-state index is 10.1. The SMILES string of the molecule is N#Cc1cc2c(nc1SC[C@@H](O)COCc1ccccc1)CCCC2. The lowest BCUT2D eigenvalue weighted by molar-refractivity contribution is 0.0398. The molecule has 5 heteroatoms. The van der Waals surface area contributed by atoms with Gasteiger partial charge in [0.15, 0.2) is 0 Å². The molecule has 3 rings (SSSR count). The van der Waals surface area contributed by atoms with E-state index in [0.29, 0.717) is 17.9 Å². The molecular weight excluding hydrogens is 332 g/mol. The minimum atomic E-state index is -0.585.